The molecule has 2 amide bonds. The van der Waals surface area contributed by atoms with E-state index in [0.29, 0.717) is 30.3 Å². The normalized spacial score (nSPS) is 17.5. The molecule has 124 valence electrons. The van der Waals surface area contributed by atoms with Gasteiger partial charge < -0.3 is 10.2 Å². The van der Waals surface area contributed by atoms with Gasteiger partial charge in [0.2, 0.25) is 5.91 Å². The Morgan fingerprint density at radius 3 is 2.50 bits per heavy atom. The molecule has 1 aromatic heterocycles. The van der Waals surface area contributed by atoms with Crippen LogP contribution >= 0.6 is 0 Å². The van der Waals surface area contributed by atoms with E-state index in [0.717, 1.165) is 5.69 Å². The fourth-order valence-corrected chi connectivity index (χ4v) is 2.91. The first-order chi connectivity index (χ1) is 11.6. The van der Waals surface area contributed by atoms with Gasteiger partial charge in [-0.1, -0.05) is 5.21 Å². The van der Waals surface area contributed by atoms with Gasteiger partial charge in [0, 0.05) is 43.4 Å². The molecule has 7 heteroatoms. The van der Waals surface area contributed by atoms with E-state index in [1.807, 2.05) is 10.9 Å². The van der Waals surface area contributed by atoms with Crippen LogP contribution in [0.2, 0.25) is 0 Å². The van der Waals surface area contributed by atoms with Gasteiger partial charge in [-0.3, -0.25) is 9.59 Å². The molecular formula is C17H19N5O2. The molecule has 24 heavy (non-hydrogen) atoms. The summed E-state index contributed by atoms with van der Waals surface area (Å²) < 4.78 is 1.89. The summed E-state index contributed by atoms with van der Waals surface area (Å²) in [5.41, 5.74) is 2.39. The average molecular weight is 325 g/mol. The number of likely N-dealkylation sites (tertiary alicyclic amines) is 1. The first kappa shape index (κ1) is 14.9. The van der Waals surface area contributed by atoms with Crippen molar-refractivity contribution in [3.63, 3.8) is 0 Å². The summed E-state index contributed by atoms with van der Waals surface area (Å²) in [5, 5.41) is 11.1. The van der Waals surface area contributed by atoms with E-state index >= 15 is 0 Å². The highest BCUT2D eigenvalue weighted by Crippen LogP contribution is 2.39. The monoisotopic (exact) mass is 325 g/mol. The number of hydrogen-bond acceptors (Lipinski definition) is 4. The first-order valence-corrected chi connectivity index (χ1v) is 8.19. The molecule has 1 saturated heterocycles. The van der Waals surface area contributed by atoms with Gasteiger partial charge in [0.1, 0.15) is 0 Å². The molecule has 2 fully saturated rings. The third-order valence-electron chi connectivity index (χ3n) is 4.50. The molecule has 1 aromatic carbocycles. The van der Waals surface area contributed by atoms with Crippen molar-refractivity contribution in [2.24, 2.45) is 0 Å². The van der Waals surface area contributed by atoms with Crippen LogP contribution < -0.4 is 5.32 Å². The Balaban J connectivity index is 1.35. The molecule has 1 saturated carbocycles. The van der Waals surface area contributed by atoms with Gasteiger partial charge in [0.05, 0.1) is 11.7 Å². The zero-order chi connectivity index (χ0) is 16.7. The van der Waals surface area contributed by atoms with Crippen LogP contribution in [0.5, 0.6) is 0 Å². The molecule has 0 atom stereocenters. The minimum Gasteiger partial charge on any atom is -0.334 e. The summed E-state index contributed by atoms with van der Waals surface area (Å²) in [6.45, 7) is 2.76. The van der Waals surface area contributed by atoms with Crippen molar-refractivity contribution < 1.29 is 9.59 Å². The van der Waals surface area contributed by atoms with Crippen molar-refractivity contribution in [2.45, 2.75) is 31.7 Å². The quantitative estimate of drug-likeness (QED) is 0.930. The van der Waals surface area contributed by atoms with Crippen LogP contribution in [0.1, 0.15) is 47.8 Å². The lowest BCUT2D eigenvalue weighted by Crippen LogP contribution is -2.50. The first-order valence-electron chi connectivity index (χ1n) is 8.19. The van der Waals surface area contributed by atoms with Gasteiger partial charge in [-0.25, -0.2) is 4.68 Å². The second-order valence-electron chi connectivity index (χ2n) is 6.52. The van der Waals surface area contributed by atoms with Gasteiger partial charge in [-0.05, 0) is 37.1 Å². The van der Waals surface area contributed by atoms with E-state index in [9.17, 15) is 9.59 Å². The summed E-state index contributed by atoms with van der Waals surface area (Å²) in [6.07, 6.45) is 4.44. The third kappa shape index (κ3) is 2.89. The number of anilines is 1. The topological polar surface area (TPSA) is 80.1 Å². The number of rotatable bonds is 4. The highest BCUT2D eigenvalue weighted by atomic mass is 16.2. The van der Waals surface area contributed by atoms with Crippen molar-refractivity contribution in [1.82, 2.24) is 19.9 Å². The zero-order valence-corrected chi connectivity index (χ0v) is 13.5. The molecule has 7 nitrogen and oxygen atoms in total. The Kier molecular flexibility index (Phi) is 3.55. The maximum atomic E-state index is 12.5. The number of aromatic nitrogens is 3. The molecule has 0 bridgehead atoms. The number of carbonyl (C=O) groups excluding carboxylic acids is 2. The minimum absolute atomic E-state index is 0.00292. The Bertz CT molecular complexity index is 773. The zero-order valence-electron chi connectivity index (χ0n) is 13.5. The van der Waals surface area contributed by atoms with Gasteiger partial charge in [0.25, 0.3) is 5.91 Å². The van der Waals surface area contributed by atoms with E-state index in [-0.39, 0.29) is 17.9 Å². The van der Waals surface area contributed by atoms with Crippen LogP contribution in [-0.4, -0.2) is 44.8 Å². The number of hydrogen-bond donors (Lipinski definition) is 1. The maximum absolute atomic E-state index is 12.5. The van der Waals surface area contributed by atoms with E-state index in [1.165, 1.54) is 19.8 Å². The predicted molar refractivity (Wildman–Crippen MR) is 87.7 cm³/mol. The Hall–Kier alpha value is -2.70. The third-order valence-corrected chi connectivity index (χ3v) is 4.50. The second-order valence-corrected chi connectivity index (χ2v) is 6.52. The maximum Gasteiger partial charge on any atom is 0.254 e. The smallest absolute Gasteiger partial charge is 0.254 e. The van der Waals surface area contributed by atoms with Crippen LogP contribution in [0.15, 0.2) is 30.5 Å². The van der Waals surface area contributed by atoms with E-state index in [2.05, 4.69) is 15.6 Å². The molecular weight excluding hydrogens is 306 g/mol. The number of amides is 2. The lowest BCUT2D eigenvalue weighted by atomic mass is 10.1. The van der Waals surface area contributed by atoms with Crippen molar-refractivity contribution >= 4 is 17.5 Å². The van der Waals surface area contributed by atoms with E-state index < -0.39 is 0 Å². The van der Waals surface area contributed by atoms with Gasteiger partial charge in [0.15, 0.2) is 0 Å². The minimum atomic E-state index is -0.127. The summed E-state index contributed by atoms with van der Waals surface area (Å²) in [4.78, 5) is 25.3. The fourth-order valence-electron chi connectivity index (χ4n) is 2.91. The van der Waals surface area contributed by atoms with Crippen molar-refractivity contribution in [2.75, 3.05) is 18.4 Å². The summed E-state index contributed by atoms with van der Waals surface area (Å²) in [5.74, 6) is 0.472. The van der Waals surface area contributed by atoms with Gasteiger partial charge >= 0.3 is 0 Å². The highest BCUT2D eigenvalue weighted by molar-refractivity contribution is 5.96. The Morgan fingerprint density at radius 1 is 1.17 bits per heavy atom. The predicted octanol–water partition coefficient (Wildman–Crippen LogP) is 1.81. The van der Waals surface area contributed by atoms with Crippen molar-refractivity contribution in [1.29, 1.82) is 0 Å². The van der Waals surface area contributed by atoms with Gasteiger partial charge in [-0.15, -0.1) is 5.10 Å². The Labute approximate surface area is 139 Å². The summed E-state index contributed by atoms with van der Waals surface area (Å²) in [6, 6.07) is 7.17. The number of nitrogens with one attached hydrogen (secondary N) is 1. The lowest BCUT2D eigenvalue weighted by molar-refractivity contribution is -0.114. The second kappa shape index (κ2) is 5.74. The molecule has 2 aliphatic rings. The van der Waals surface area contributed by atoms with Crippen LogP contribution in [0.3, 0.4) is 0 Å². The summed E-state index contributed by atoms with van der Waals surface area (Å²) >= 11 is 0. The Morgan fingerprint density at radius 2 is 1.88 bits per heavy atom. The lowest BCUT2D eigenvalue weighted by Gasteiger charge is -2.38. The number of carbonyl (C=O) groups is 2. The molecule has 1 aliphatic heterocycles. The van der Waals surface area contributed by atoms with Crippen LogP contribution in [0.25, 0.3) is 0 Å². The molecule has 4 rings (SSSR count). The van der Waals surface area contributed by atoms with Crippen LogP contribution in [0.4, 0.5) is 5.69 Å². The van der Waals surface area contributed by atoms with E-state index in [1.54, 1.807) is 29.2 Å². The van der Waals surface area contributed by atoms with Crippen LogP contribution in [0, 0.1) is 0 Å². The van der Waals surface area contributed by atoms with Crippen molar-refractivity contribution in [3.05, 3.63) is 41.7 Å². The van der Waals surface area contributed by atoms with E-state index in [4.69, 9.17) is 0 Å². The van der Waals surface area contributed by atoms with Gasteiger partial charge in [-0.2, -0.15) is 0 Å². The van der Waals surface area contributed by atoms with Crippen LogP contribution in [-0.2, 0) is 4.79 Å². The molecule has 0 unspecified atom stereocenters. The number of nitrogens with zero attached hydrogens (tertiary/aromatic N) is 4. The SMILES string of the molecule is CC(=O)Nc1ccc(C(=O)N2CC(n3cc(C4CC4)nn3)C2)cc1. The molecule has 1 N–H and O–H groups in total. The molecule has 1 aliphatic carbocycles. The highest BCUT2D eigenvalue weighted by Gasteiger charge is 2.34. The fraction of sp³-hybridized carbons (Fsp3) is 0.412. The largest absolute Gasteiger partial charge is 0.334 e. The summed E-state index contributed by atoms with van der Waals surface area (Å²) in [7, 11) is 0. The van der Waals surface area contributed by atoms with Crippen molar-refractivity contribution in [3.8, 4) is 0 Å². The standard InChI is InChI=1S/C17H19N5O2/c1-11(23)18-14-6-4-13(5-7-14)17(24)21-8-15(9-21)22-10-16(19-20-22)12-2-3-12/h4-7,10,12,15H,2-3,8-9H2,1H3,(H,18,23). The average Bonchev–Trinajstić information content (AvgIpc) is 3.25. The molecule has 0 spiro atoms. The molecule has 2 aromatic rings. The number of benzene rings is 1. The molecule has 0 radical (unpaired) electrons. The molecule has 2 heterocycles.